The Labute approximate surface area is 161 Å². The van der Waals surface area contributed by atoms with Crippen molar-refractivity contribution in [3.63, 3.8) is 0 Å². The Kier molecular flexibility index (Phi) is 4.62. The topological polar surface area (TPSA) is 43.1 Å². The summed E-state index contributed by atoms with van der Waals surface area (Å²) in [5.41, 5.74) is 5.37. The lowest BCUT2D eigenvalue weighted by Gasteiger charge is -2.09. The normalized spacial score (nSPS) is 10.6. The van der Waals surface area contributed by atoms with Crippen LogP contribution in [0.1, 0.15) is 28.8 Å². The lowest BCUT2D eigenvalue weighted by Crippen LogP contribution is -2.10. The fourth-order valence-corrected chi connectivity index (χ4v) is 3.73. The largest absolute Gasteiger partial charge is 0.460 e. The second-order valence-corrected chi connectivity index (χ2v) is 7.00. The van der Waals surface area contributed by atoms with Gasteiger partial charge in [-0.1, -0.05) is 49.2 Å². The third kappa shape index (κ3) is 3.18. The molecule has 4 aromatic rings. The first kappa shape index (κ1) is 17.3. The minimum absolute atomic E-state index is 0.0368. The predicted molar refractivity (Wildman–Crippen MR) is 110 cm³/mol. The van der Waals surface area contributed by atoms with Crippen LogP contribution in [0, 0.1) is 18.8 Å². The maximum Gasteiger partial charge on any atom is 0.202 e. The van der Waals surface area contributed by atoms with Crippen molar-refractivity contribution in [3.05, 3.63) is 86.2 Å². The number of thiazole rings is 1. The van der Waals surface area contributed by atoms with E-state index >= 15 is 0 Å². The van der Waals surface area contributed by atoms with E-state index < -0.39 is 0 Å². The summed E-state index contributed by atoms with van der Waals surface area (Å²) in [6.45, 7) is 3.92. The second-order valence-electron chi connectivity index (χ2n) is 6.14. The average Bonchev–Trinajstić information content (AvgIpc) is 3.11. The molecule has 0 N–H and O–H groups in total. The van der Waals surface area contributed by atoms with Crippen LogP contribution >= 0.6 is 11.3 Å². The smallest absolute Gasteiger partial charge is 0.202 e. The molecule has 3 nitrogen and oxygen atoms in total. The molecule has 4 rings (SSSR count). The van der Waals surface area contributed by atoms with Gasteiger partial charge in [0, 0.05) is 12.0 Å². The molecule has 132 valence electrons. The molecular weight excluding hydrogens is 354 g/mol. The van der Waals surface area contributed by atoms with Gasteiger partial charge in [0.2, 0.25) is 5.43 Å². The molecule has 0 spiro atoms. The van der Waals surface area contributed by atoms with Crippen LogP contribution in [0.4, 0.5) is 0 Å². The molecule has 0 atom stereocenters. The van der Waals surface area contributed by atoms with Gasteiger partial charge in [-0.25, -0.2) is 4.98 Å². The molecule has 0 radical (unpaired) electrons. The van der Waals surface area contributed by atoms with Crippen molar-refractivity contribution in [2.24, 2.45) is 0 Å². The number of aromatic nitrogens is 1. The maximum atomic E-state index is 13.4. The molecule has 2 heterocycles. The summed E-state index contributed by atoms with van der Waals surface area (Å²) in [4.78, 5) is 18.5. The van der Waals surface area contributed by atoms with Gasteiger partial charge in [-0.15, -0.1) is 11.3 Å². The van der Waals surface area contributed by atoms with E-state index in [2.05, 4.69) is 16.8 Å². The van der Waals surface area contributed by atoms with Crippen LogP contribution in [-0.4, -0.2) is 4.98 Å². The van der Waals surface area contributed by atoms with E-state index in [1.54, 1.807) is 5.51 Å². The van der Waals surface area contributed by atoms with E-state index in [1.807, 2.05) is 62.4 Å². The first-order valence-electron chi connectivity index (χ1n) is 8.75. The van der Waals surface area contributed by atoms with Gasteiger partial charge in [-0.3, -0.25) is 4.79 Å². The van der Waals surface area contributed by atoms with E-state index in [1.165, 1.54) is 11.3 Å². The Morgan fingerprint density at radius 1 is 1.07 bits per heavy atom. The van der Waals surface area contributed by atoms with Crippen molar-refractivity contribution in [1.29, 1.82) is 0 Å². The minimum atomic E-state index is -0.0368. The molecule has 27 heavy (non-hydrogen) atoms. The first-order chi connectivity index (χ1) is 13.2. The Morgan fingerprint density at radius 3 is 2.59 bits per heavy atom. The number of fused-ring (bicyclic) bond motifs is 1. The van der Waals surface area contributed by atoms with Crippen LogP contribution in [0.5, 0.6) is 0 Å². The molecule has 0 saturated carbocycles. The Bertz CT molecular complexity index is 1240. The SMILES string of the molecule is CCc1oc2cccc(C#Cc3scnc3C)c2c(=O)c1-c1ccccc1. The zero-order valence-electron chi connectivity index (χ0n) is 15.1. The van der Waals surface area contributed by atoms with Crippen molar-refractivity contribution >= 4 is 22.3 Å². The molecule has 0 aliphatic heterocycles. The van der Waals surface area contributed by atoms with Crippen LogP contribution in [0.2, 0.25) is 0 Å². The predicted octanol–water partition coefficient (Wildman–Crippen LogP) is 5.19. The van der Waals surface area contributed by atoms with Gasteiger partial charge >= 0.3 is 0 Å². The van der Waals surface area contributed by atoms with E-state index in [0.29, 0.717) is 34.3 Å². The third-order valence-corrected chi connectivity index (χ3v) is 5.28. The molecule has 2 aromatic heterocycles. The molecule has 0 fully saturated rings. The molecule has 0 amide bonds. The lowest BCUT2D eigenvalue weighted by molar-refractivity contribution is 0.546. The highest BCUT2D eigenvalue weighted by Crippen LogP contribution is 2.26. The van der Waals surface area contributed by atoms with Gasteiger partial charge in [0.1, 0.15) is 11.3 Å². The summed E-state index contributed by atoms with van der Waals surface area (Å²) >= 11 is 1.50. The highest BCUT2D eigenvalue weighted by atomic mass is 32.1. The van der Waals surface area contributed by atoms with Crippen LogP contribution in [0.15, 0.2) is 63.3 Å². The maximum absolute atomic E-state index is 13.4. The van der Waals surface area contributed by atoms with Crippen LogP contribution in [0.3, 0.4) is 0 Å². The van der Waals surface area contributed by atoms with Gasteiger partial charge in [-0.2, -0.15) is 0 Å². The summed E-state index contributed by atoms with van der Waals surface area (Å²) in [7, 11) is 0. The van der Waals surface area contributed by atoms with Gasteiger partial charge in [0.15, 0.2) is 0 Å². The molecule has 0 unspecified atom stereocenters. The molecular formula is C23H17NO2S. The Morgan fingerprint density at radius 2 is 1.89 bits per heavy atom. The van der Waals surface area contributed by atoms with E-state index in [0.717, 1.165) is 16.1 Å². The molecule has 0 aliphatic rings. The fraction of sp³-hybridized carbons (Fsp3) is 0.130. The van der Waals surface area contributed by atoms with E-state index in [-0.39, 0.29) is 5.43 Å². The van der Waals surface area contributed by atoms with Gasteiger partial charge in [0.25, 0.3) is 0 Å². The highest BCUT2D eigenvalue weighted by Gasteiger charge is 2.16. The number of nitrogens with zero attached hydrogens (tertiary/aromatic N) is 1. The van der Waals surface area contributed by atoms with Crippen LogP contribution in [-0.2, 0) is 6.42 Å². The first-order valence-corrected chi connectivity index (χ1v) is 9.63. The molecule has 0 bridgehead atoms. The fourth-order valence-electron chi connectivity index (χ4n) is 3.08. The molecule has 4 heteroatoms. The summed E-state index contributed by atoms with van der Waals surface area (Å²) in [5, 5.41) is 0.531. The molecule has 0 aliphatic carbocycles. The van der Waals surface area contributed by atoms with Gasteiger partial charge in [0.05, 0.1) is 27.0 Å². The number of hydrogen-bond donors (Lipinski definition) is 0. The van der Waals surface area contributed by atoms with Crippen LogP contribution in [0.25, 0.3) is 22.1 Å². The summed E-state index contributed by atoms with van der Waals surface area (Å²) in [6, 6.07) is 15.2. The van der Waals surface area contributed by atoms with Crippen LogP contribution < -0.4 is 5.43 Å². The Balaban J connectivity index is 1.99. The van der Waals surface area contributed by atoms with E-state index in [9.17, 15) is 4.79 Å². The van der Waals surface area contributed by atoms with Gasteiger partial charge < -0.3 is 4.42 Å². The summed E-state index contributed by atoms with van der Waals surface area (Å²) in [6.07, 6.45) is 0.644. The number of rotatable bonds is 2. The molecule has 2 aromatic carbocycles. The zero-order valence-corrected chi connectivity index (χ0v) is 15.9. The van der Waals surface area contributed by atoms with Crippen molar-refractivity contribution in [2.45, 2.75) is 20.3 Å². The average molecular weight is 371 g/mol. The monoisotopic (exact) mass is 371 g/mol. The minimum Gasteiger partial charge on any atom is -0.460 e. The second kappa shape index (κ2) is 7.22. The van der Waals surface area contributed by atoms with Crippen molar-refractivity contribution in [2.75, 3.05) is 0 Å². The number of hydrogen-bond acceptors (Lipinski definition) is 4. The quantitative estimate of drug-likeness (QED) is 0.456. The number of benzene rings is 2. The lowest BCUT2D eigenvalue weighted by atomic mass is 9.99. The Hall–Kier alpha value is -3.16. The summed E-state index contributed by atoms with van der Waals surface area (Å²) < 4.78 is 6.10. The van der Waals surface area contributed by atoms with Crippen molar-refractivity contribution < 1.29 is 4.42 Å². The zero-order chi connectivity index (χ0) is 18.8. The van der Waals surface area contributed by atoms with Crippen molar-refractivity contribution in [1.82, 2.24) is 4.98 Å². The molecule has 0 saturated heterocycles. The van der Waals surface area contributed by atoms with Gasteiger partial charge in [-0.05, 0) is 30.5 Å². The van der Waals surface area contributed by atoms with E-state index in [4.69, 9.17) is 4.42 Å². The highest BCUT2D eigenvalue weighted by molar-refractivity contribution is 7.10. The van der Waals surface area contributed by atoms with Crippen molar-refractivity contribution in [3.8, 4) is 23.0 Å². The third-order valence-electron chi connectivity index (χ3n) is 4.43. The standard InChI is InChI=1S/C23H17NO2S/c1-3-18-21(16-8-5-4-6-9-16)23(25)22-17(10-7-11-19(22)26-18)12-13-20-15(2)24-14-27-20/h4-11,14H,3H2,1-2H3. The summed E-state index contributed by atoms with van der Waals surface area (Å²) in [5.74, 6) is 6.99. The number of aryl methyl sites for hydroxylation is 2.